The summed E-state index contributed by atoms with van der Waals surface area (Å²) < 4.78 is 15.1. The SMILES string of the molecule is CCNCc1nc(Cc2ccc(F)cc2)n2ccccc12. The molecular weight excluding hydrogens is 265 g/mol. The van der Waals surface area contributed by atoms with Crippen LogP contribution in [0, 0.1) is 5.82 Å². The van der Waals surface area contributed by atoms with Crippen molar-refractivity contribution >= 4 is 5.52 Å². The van der Waals surface area contributed by atoms with Crippen LogP contribution >= 0.6 is 0 Å². The van der Waals surface area contributed by atoms with E-state index in [4.69, 9.17) is 4.98 Å². The van der Waals surface area contributed by atoms with Gasteiger partial charge in [0.05, 0.1) is 11.2 Å². The van der Waals surface area contributed by atoms with E-state index in [1.807, 2.05) is 30.5 Å². The highest BCUT2D eigenvalue weighted by Gasteiger charge is 2.10. The highest BCUT2D eigenvalue weighted by Crippen LogP contribution is 2.16. The Hall–Kier alpha value is -2.20. The van der Waals surface area contributed by atoms with Crippen molar-refractivity contribution in [3.05, 3.63) is 71.6 Å². The Morgan fingerprint density at radius 2 is 1.95 bits per heavy atom. The lowest BCUT2D eigenvalue weighted by Gasteiger charge is -2.01. The van der Waals surface area contributed by atoms with Gasteiger partial charge in [0.25, 0.3) is 0 Å². The van der Waals surface area contributed by atoms with Crippen LogP contribution in [0.1, 0.15) is 24.0 Å². The molecule has 0 saturated heterocycles. The number of pyridine rings is 1. The fourth-order valence-electron chi connectivity index (χ4n) is 2.45. The fourth-order valence-corrected chi connectivity index (χ4v) is 2.45. The molecular formula is C17H18FN3. The number of fused-ring (bicyclic) bond motifs is 1. The van der Waals surface area contributed by atoms with E-state index in [9.17, 15) is 4.39 Å². The van der Waals surface area contributed by atoms with Crippen molar-refractivity contribution in [1.29, 1.82) is 0 Å². The van der Waals surface area contributed by atoms with Gasteiger partial charge in [-0.15, -0.1) is 0 Å². The quantitative estimate of drug-likeness (QED) is 0.779. The van der Waals surface area contributed by atoms with Gasteiger partial charge in [0.15, 0.2) is 0 Å². The van der Waals surface area contributed by atoms with Gasteiger partial charge in [-0.3, -0.25) is 0 Å². The molecule has 0 aliphatic heterocycles. The fraction of sp³-hybridized carbons (Fsp3) is 0.235. The number of aromatic nitrogens is 2. The van der Waals surface area contributed by atoms with Gasteiger partial charge in [0.2, 0.25) is 0 Å². The first-order valence-corrected chi connectivity index (χ1v) is 7.18. The second kappa shape index (κ2) is 6.06. The minimum absolute atomic E-state index is 0.209. The first-order valence-electron chi connectivity index (χ1n) is 7.18. The maximum absolute atomic E-state index is 13.0. The smallest absolute Gasteiger partial charge is 0.123 e. The van der Waals surface area contributed by atoms with Crippen molar-refractivity contribution in [1.82, 2.24) is 14.7 Å². The molecule has 4 heteroatoms. The topological polar surface area (TPSA) is 29.3 Å². The van der Waals surface area contributed by atoms with Gasteiger partial charge < -0.3 is 9.72 Å². The lowest BCUT2D eigenvalue weighted by molar-refractivity contribution is 0.627. The number of hydrogen-bond acceptors (Lipinski definition) is 2. The van der Waals surface area contributed by atoms with Crippen molar-refractivity contribution in [2.75, 3.05) is 6.54 Å². The molecule has 108 valence electrons. The first-order chi connectivity index (χ1) is 10.3. The Balaban J connectivity index is 1.96. The highest BCUT2D eigenvalue weighted by molar-refractivity contribution is 5.53. The van der Waals surface area contributed by atoms with Gasteiger partial charge in [0, 0.05) is 19.2 Å². The molecule has 2 aromatic heterocycles. The zero-order chi connectivity index (χ0) is 14.7. The molecule has 0 saturated carbocycles. The number of nitrogens with one attached hydrogen (secondary N) is 1. The molecule has 0 unspecified atom stereocenters. The molecule has 0 aliphatic rings. The van der Waals surface area contributed by atoms with Crippen LogP contribution < -0.4 is 5.32 Å². The van der Waals surface area contributed by atoms with Gasteiger partial charge in [-0.1, -0.05) is 25.1 Å². The minimum Gasteiger partial charge on any atom is -0.311 e. The second-order valence-electron chi connectivity index (χ2n) is 5.01. The monoisotopic (exact) mass is 283 g/mol. The van der Waals surface area contributed by atoms with E-state index in [0.29, 0.717) is 6.42 Å². The number of halogens is 1. The van der Waals surface area contributed by atoms with E-state index in [0.717, 1.165) is 35.7 Å². The maximum atomic E-state index is 13.0. The molecule has 1 aromatic carbocycles. The largest absolute Gasteiger partial charge is 0.311 e. The average Bonchev–Trinajstić information content (AvgIpc) is 2.86. The molecule has 21 heavy (non-hydrogen) atoms. The maximum Gasteiger partial charge on any atom is 0.123 e. The van der Waals surface area contributed by atoms with Gasteiger partial charge in [-0.2, -0.15) is 0 Å². The number of benzene rings is 1. The summed E-state index contributed by atoms with van der Waals surface area (Å²) >= 11 is 0. The summed E-state index contributed by atoms with van der Waals surface area (Å²) in [6, 6.07) is 12.7. The predicted octanol–water partition coefficient (Wildman–Crippen LogP) is 3.17. The van der Waals surface area contributed by atoms with Gasteiger partial charge in [0.1, 0.15) is 11.6 Å². The molecule has 0 fully saturated rings. The third-order valence-electron chi connectivity index (χ3n) is 3.52. The van der Waals surface area contributed by atoms with Crippen molar-refractivity contribution < 1.29 is 4.39 Å². The summed E-state index contributed by atoms with van der Waals surface area (Å²) in [6.07, 6.45) is 2.72. The van der Waals surface area contributed by atoms with Crippen LogP contribution in [0.5, 0.6) is 0 Å². The Labute approximate surface area is 123 Å². The number of nitrogens with zero attached hydrogens (tertiary/aromatic N) is 2. The van der Waals surface area contributed by atoms with E-state index in [1.165, 1.54) is 12.1 Å². The Morgan fingerprint density at radius 3 is 2.71 bits per heavy atom. The third kappa shape index (κ3) is 2.95. The standard InChI is InChI=1S/C17H18FN3/c1-2-19-12-15-16-5-3-4-10-21(16)17(20-15)11-13-6-8-14(18)9-7-13/h3-10,19H,2,11-12H2,1H3. The first kappa shape index (κ1) is 13.8. The van der Waals surface area contributed by atoms with Crippen LogP contribution in [-0.4, -0.2) is 15.9 Å². The molecule has 3 nitrogen and oxygen atoms in total. The lowest BCUT2D eigenvalue weighted by atomic mass is 10.1. The van der Waals surface area contributed by atoms with Gasteiger partial charge in [-0.05, 0) is 36.4 Å². The van der Waals surface area contributed by atoms with E-state index < -0.39 is 0 Å². The lowest BCUT2D eigenvalue weighted by Crippen LogP contribution is -2.12. The normalized spacial score (nSPS) is 11.1. The molecule has 2 heterocycles. The molecule has 3 rings (SSSR count). The molecule has 0 atom stereocenters. The summed E-state index contributed by atoms with van der Waals surface area (Å²) in [5.41, 5.74) is 3.23. The summed E-state index contributed by atoms with van der Waals surface area (Å²) in [4.78, 5) is 4.75. The molecule has 0 spiro atoms. The average molecular weight is 283 g/mol. The van der Waals surface area contributed by atoms with E-state index in [-0.39, 0.29) is 5.82 Å². The van der Waals surface area contributed by atoms with Crippen LogP contribution in [0.3, 0.4) is 0 Å². The predicted molar refractivity (Wildman–Crippen MR) is 81.8 cm³/mol. The van der Waals surface area contributed by atoms with Gasteiger partial charge in [-0.25, -0.2) is 9.37 Å². The van der Waals surface area contributed by atoms with Crippen molar-refractivity contribution in [2.45, 2.75) is 19.9 Å². The Bertz CT molecular complexity index is 731. The third-order valence-corrected chi connectivity index (χ3v) is 3.52. The number of rotatable bonds is 5. The molecule has 0 bridgehead atoms. The molecule has 0 radical (unpaired) electrons. The molecule has 0 aliphatic carbocycles. The van der Waals surface area contributed by atoms with Crippen LogP contribution in [0.25, 0.3) is 5.52 Å². The minimum atomic E-state index is -0.209. The van der Waals surface area contributed by atoms with E-state index >= 15 is 0 Å². The van der Waals surface area contributed by atoms with E-state index in [1.54, 1.807) is 0 Å². The second-order valence-corrected chi connectivity index (χ2v) is 5.01. The summed E-state index contributed by atoms with van der Waals surface area (Å²) in [5.74, 6) is 0.768. The van der Waals surface area contributed by atoms with Crippen LogP contribution in [0.15, 0.2) is 48.7 Å². The molecule has 3 aromatic rings. The number of hydrogen-bond donors (Lipinski definition) is 1. The Morgan fingerprint density at radius 1 is 1.14 bits per heavy atom. The van der Waals surface area contributed by atoms with Crippen LogP contribution in [-0.2, 0) is 13.0 Å². The highest BCUT2D eigenvalue weighted by atomic mass is 19.1. The summed E-state index contributed by atoms with van der Waals surface area (Å²) in [6.45, 7) is 3.75. The van der Waals surface area contributed by atoms with Crippen molar-refractivity contribution in [3.8, 4) is 0 Å². The van der Waals surface area contributed by atoms with Crippen LogP contribution in [0.2, 0.25) is 0 Å². The van der Waals surface area contributed by atoms with Crippen LogP contribution in [0.4, 0.5) is 4.39 Å². The molecule has 0 amide bonds. The van der Waals surface area contributed by atoms with Gasteiger partial charge >= 0.3 is 0 Å². The van der Waals surface area contributed by atoms with Crippen molar-refractivity contribution in [3.63, 3.8) is 0 Å². The summed E-state index contributed by atoms with van der Waals surface area (Å²) in [7, 11) is 0. The van der Waals surface area contributed by atoms with E-state index in [2.05, 4.69) is 22.7 Å². The van der Waals surface area contributed by atoms with Crippen molar-refractivity contribution in [2.24, 2.45) is 0 Å². The zero-order valence-electron chi connectivity index (χ0n) is 12.0. The number of imidazole rings is 1. The summed E-state index contributed by atoms with van der Waals surface area (Å²) in [5, 5.41) is 3.32. The Kier molecular flexibility index (Phi) is 3.97. The zero-order valence-corrected chi connectivity index (χ0v) is 12.0. The molecule has 1 N–H and O–H groups in total.